The van der Waals surface area contributed by atoms with Gasteiger partial charge in [0.25, 0.3) is 11.8 Å². The van der Waals surface area contributed by atoms with Crippen LogP contribution in [0.15, 0.2) is 20.1 Å². The molecule has 1 fully saturated rings. The first-order chi connectivity index (χ1) is 15.2. The van der Waals surface area contributed by atoms with Gasteiger partial charge in [0.2, 0.25) is 5.13 Å². The smallest absolute Gasteiger partial charge is 0.353 e. The summed E-state index contributed by atoms with van der Waals surface area (Å²) < 4.78 is 0.496. The first-order valence-electron chi connectivity index (χ1n) is 8.72. The Morgan fingerprint density at radius 3 is 2.59 bits per heavy atom. The van der Waals surface area contributed by atoms with Crippen molar-refractivity contribution in [2.75, 3.05) is 11.5 Å². The topological polar surface area (TPSA) is 210 Å². The molecule has 168 valence electrons. The third-order valence-electron chi connectivity index (χ3n) is 4.66. The third-order valence-corrected chi connectivity index (χ3v) is 7.69. The van der Waals surface area contributed by atoms with Crippen molar-refractivity contribution in [1.29, 1.82) is 0 Å². The first-order valence-corrected chi connectivity index (χ1v) is 11.6. The molecule has 2 atom stereocenters. The van der Waals surface area contributed by atoms with Crippen molar-refractivity contribution in [3.05, 3.63) is 20.6 Å². The molecule has 2 aliphatic heterocycles. The summed E-state index contributed by atoms with van der Waals surface area (Å²) in [5.74, 6) is -2.80. The zero-order valence-corrected chi connectivity index (χ0v) is 18.9. The van der Waals surface area contributed by atoms with Crippen LogP contribution in [0.3, 0.4) is 0 Å². The van der Waals surface area contributed by atoms with Gasteiger partial charge in [-0.15, -0.1) is 10.2 Å². The Hall–Kier alpha value is -2.95. The molecule has 0 saturated carbocycles. The van der Waals surface area contributed by atoms with Crippen molar-refractivity contribution in [2.24, 2.45) is 5.16 Å². The standard InChI is InChI=1S/C15H13ClN8O5S3/c16-9-6(20-13(17)31-9)7(23-29)10(25)19-5-3-1-2-4(30-15-22-21-14(18)32-15)8(12(27)28)24(3)11(5)26/h3,5,29H,1-2H2,(H2,17,20)(H2,18,21)(H,19,25)(H,27,28)/t3?,5-/m1/s1. The first kappa shape index (κ1) is 22.3. The van der Waals surface area contributed by atoms with Gasteiger partial charge in [0.15, 0.2) is 15.2 Å². The number of aromatic nitrogens is 3. The zero-order valence-electron chi connectivity index (χ0n) is 15.7. The highest BCUT2D eigenvalue weighted by atomic mass is 35.5. The summed E-state index contributed by atoms with van der Waals surface area (Å²) in [6, 6.07) is -1.59. The molecule has 17 heteroatoms. The summed E-state index contributed by atoms with van der Waals surface area (Å²) in [5, 5.41) is 32.2. The van der Waals surface area contributed by atoms with Crippen molar-refractivity contribution in [1.82, 2.24) is 25.4 Å². The van der Waals surface area contributed by atoms with Crippen LogP contribution in [0, 0.1) is 0 Å². The van der Waals surface area contributed by atoms with Crippen LogP contribution < -0.4 is 16.8 Å². The highest BCUT2D eigenvalue weighted by Crippen LogP contribution is 2.43. The maximum Gasteiger partial charge on any atom is 0.353 e. The number of halogens is 1. The number of rotatable bonds is 6. The number of carbonyl (C=O) groups is 3. The van der Waals surface area contributed by atoms with E-state index >= 15 is 0 Å². The maximum atomic E-state index is 12.8. The Balaban J connectivity index is 1.53. The minimum absolute atomic E-state index is 0.0414. The lowest BCUT2D eigenvalue weighted by Gasteiger charge is -2.49. The fourth-order valence-electron chi connectivity index (χ4n) is 3.37. The highest BCUT2D eigenvalue weighted by Gasteiger charge is 2.54. The second-order valence-corrected chi connectivity index (χ2v) is 10.5. The Kier molecular flexibility index (Phi) is 5.93. The summed E-state index contributed by atoms with van der Waals surface area (Å²) in [4.78, 5) is 42.7. The minimum atomic E-state index is -1.28. The van der Waals surface area contributed by atoms with Gasteiger partial charge >= 0.3 is 5.97 Å². The molecule has 0 spiro atoms. The van der Waals surface area contributed by atoms with E-state index in [-0.39, 0.29) is 26.0 Å². The van der Waals surface area contributed by atoms with Crippen molar-refractivity contribution in [3.8, 4) is 0 Å². The predicted molar refractivity (Wildman–Crippen MR) is 116 cm³/mol. The predicted octanol–water partition coefficient (Wildman–Crippen LogP) is 0.569. The number of carboxylic acid groups (broad SMARTS) is 1. The van der Waals surface area contributed by atoms with Gasteiger partial charge in [-0.25, -0.2) is 9.78 Å². The normalized spacial score (nSPS) is 20.7. The molecule has 1 saturated heterocycles. The molecule has 2 amide bonds. The molecule has 32 heavy (non-hydrogen) atoms. The number of nitrogens with two attached hydrogens (primary N) is 2. The second kappa shape index (κ2) is 8.53. The van der Waals surface area contributed by atoms with Crippen molar-refractivity contribution < 1.29 is 24.7 Å². The number of anilines is 2. The van der Waals surface area contributed by atoms with Crippen LogP contribution in [0.25, 0.3) is 0 Å². The van der Waals surface area contributed by atoms with Gasteiger partial charge in [-0.3, -0.25) is 14.5 Å². The second-order valence-electron chi connectivity index (χ2n) is 6.47. The average molecular weight is 517 g/mol. The van der Waals surface area contributed by atoms with Crippen molar-refractivity contribution in [2.45, 2.75) is 29.3 Å². The molecular formula is C15H13ClN8O5S3. The van der Waals surface area contributed by atoms with E-state index in [1.165, 1.54) is 0 Å². The molecule has 4 rings (SSSR count). The number of carbonyl (C=O) groups excluding carboxylic acids is 2. The van der Waals surface area contributed by atoms with E-state index in [2.05, 4.69) is 25.7 Å². The molecule has 0 aliphatic carbocycles. The number of hydrogen-bond donors (Lipinski definition) is 5. The Bertz CT molecular complexity index is 1190. The molecule has 2 aliphatic rings. The molecule has 0 aromatic carbocycles. The largest absolute Gasteiger partial charge is 0.477 e. The minimum Gasteiger partial charge on any atom is -0.477 e. The van der Waals surface area contributed by atoms with Crippen LogP contribution in [0.5, 0.6) is 0 Å². The molecule has 4 heterocycles. The summed E-state index contributed by atoms with van der Waals surface area (Å²) >= 11 is 9.04. The SMILES string of the molecule is Nc1nnc(SC2=C(C(=O)O)N3C(=O)[C@H](NC(=O)C(=NO)c4nc(N)sc4Cl)C3CC2)s1. The Morgan fingerprint density at radius 1 is 1.28 bits per heavy atom. The molecule has 0 bridgehead atoms. The van der Waals surface area contributed by atoms with E-state index < -0.39 is 35.6 Å². The number of amides is 2. The van der Waals surface area contributed by atoms with E-state index in [0.717, 1.165) is 39.3 Å². The van der Waals surface area contributed by atoms with Gasteiger partial charge in [0.1, 0.15) is 21.8 Å². The van der Waals surface area contributed by atoms with E-state index in [1.54, 1.807) is 0 Å². The average Bonchev–Trinajstić information content (AvgIpc) is 3.30. The van der Waals surface area contributed by atoms with Gasteiger partial charge in [-0.2, -0.15) is 0 Å². The molecule has 2 aromatic heterocycles. The van der Waals surface area contributed by atoms with E-state index in [4.69, 9.17) is 23.1 Å². The van der Waals surface area contributed by atoms with Gasteiger partial charge in [-0.05, 0) is 12.8 Å². The number of nitrogen functional groups attached to an aromatic ring is 2. The van der Waals surface area contributed by atoms with Gasteiger partial charge < -0.3 is 27.1 Å². The monoisotopic (exact) mass is 516 g/mol. The lowest BCUT2D eigenvalue weighted by atomic mass is 9.86. The van der Waals surface area contributed by atoms with E-state index in [9.17, 15) is 24.7 Å². The van der Waals surface area contributed by atoms with Crippen LogP contribution in [0.4, 0.5) is 10.3 Å². The van der Waals surface area contributed by atoms with Crippen molar-refractivity contribution in [3.63, 3.8) is 0 Å². The number of aliphatic carboxylic acids is 1. The number of fused-ring (bicyclic) bond motifs is 1. The van der Waals surface area contributed by atoms with Crippen LogP contribution in [0.2, 0.25) is 4.34 Å². The third kappa shape index (κ3) is 3.85. The number of thiazole rings is 1. The highest BCUT2D eigenvalue weighted by molar-refractivity contribution is 8.04. The van der Waals surface area contributed by atoms with E-state index in [0.29, 0.717) is 22.1 Å². The molecular weight excluding hydrogens is 504 g/mol. The molecule has 13 nitrogen and oxygen atoms in total. The summed E-state index contributed by atoms with van der Waals surface area (Å²) in [5.41, 5.74) is 10.3. The fraction of sp³-hybridized carbons (Fsp3) is 0.267. The fourth-order valence-corrected chi connectivity index (χ4v) is 6.16. The zero-order chi connectivity index (χ0) is 23.2. The Morgan fingerprint density at radius 2 is 2.03 bits per heavy atom. The van der Waals surface area contributed by atoms with Crippen LogP contribution in [-0.4, -0.2) is 66.0 Å². The lowest BCUT2D eigenvalue weighted by molar-refractivity contribution is -0.155. The number of thioether (sulfide) groups is 1. The van der Waals surface area contributed by atoms with Crippen LogP contribution >= 0.6 is 46.0 Å². The molecule has 2 aromatic rings. The number of β-lactam (4-membered cyclic amide) rings is 1. The number of hydrogen-bond acceptors (Lipinski definition) is 13. The maximum absolute atomic E-state index is 12.8. The number of carboxylic acids is 1. The quantitative estimate of drug-likeness (QED) is 0.155. The number of nitrogens with one attached hydrogen (secondary N) is 1. The molecule has 7 N–H and O–H groups in total. The van der Waals surface area contributed by atoms with Crippen molar-refractivity contribution >= 4 is 79.8 Å². The van der Waals surface area contributed by atoms with Crippen LogP contribution in [0.1, 0.15) is 18.5 Å². The summed E-state index contributed by atoms with van der Waals surface area (Å²) in [7, 11) is 0. The Labute approximate surface area is 196 Å². The number of allylic oxidation sites excluding steroid dienone is 1. The summed E-state index contributed by atoms with van der Waals surface area (Å²) in [6.07, 6.45) is 0.724. The lowest BCUT2D eigenvalue weighted by Crippen LogP contribution is -2.72. The van der Waals surface area contributed by atoms with Gasteiger partial charge in [-0.1, -0.05) is 51.2 Å². The van der Waals surface area contributed by atoms with E-state index in [1.807, 2.05) is 0 Å². The molecule has 1 unspecified atom stereocenters. The van der Waals surface area contributed by atoms with Gasteiger partial charge in [0, 0.05) is 4.91 Å². The summed E-state index contributed by atoms with van der Waals surface area (Å²) in [6.45, 7) is 0. The number of oxime groups is 1. The molecule has 0 radical (unpaired) electrons. The number of nitrogens with zero attached hydrogens (tertiary/aromatic N) is 5. The van der Waals surface area contributed by atoms with Gasteiger partial charge in [0.05, 0.1) is 6.04 Å². The van der Waals surface area contributed by atoms with Crippen LogP contribution in [-0.2, 0) is 14.4 Å².